The quantitative estimate of drug-likeness (QED) is 0.369. The predicted octanol–water partition coefficient (Wildman–Crippen LogP) is 5.42. The van der Waals surface area contributed by atoms with Gasteiger partial charge in [-0.15, -0.1) is 0 Å². The van der Waals surface area contributed by atoms with Crippen molar-refractivity contribution < 1.29 is 14.3 Å². The lowest BCUT2D eigenvalue weighted by Crippen LogP contribution is -2.31. The molecule has 1 amide bonds. The Hall–Kier alpha value is -1.97. The van der Waals surface area contributed by atoms with Crippen molar-refractivity contribution in [2.75, 3.05) is 19.9 Å². The second kappa shape index (κ2) is 11.6. The number of amides is 1. The zero-order chi connectivity index (χ0) is 18.6. The zero-order valence-corrected chi connectivity index (χ0v) is 16.3. The maximum atomic E-state index is 12.7. The molecule has 0 fully saturated rings. The van der Waals surface area contributed by atoms with Gasteiger partial charge in [0.1, 0.15) is 0 Å². The van der Waals surface area contributed by atoms with Crippen molar-refractivity contribution in [3.05, 3.63) is 29.8 Å². The average Bonchev–Trinajstić information content (AvgIpc) is 3.12. The summed E-state index contributed by atoms with van der Waals surface area (Å²) in [6, 6.07) is 5.75. The van der Waals surface area contributed by atoms with Gasteiger partial charge < -0.3 is 14.4 Å². The van der Waals surface area contributed by atoms with Crippen LogP contribution in [0.1, 0.15) is 70.8 Å². The number of hydrogen-bond donors (Lipinski definition) is 0. The summed E-state index contributed by atoms with van der Waals surface area (Å²) in [6.07, 6.45) is 13.0. The molecule has 0 N–H and O–H groups in total. The minimum absolute atomic E-state index is 0.107. The van der Waals surface area contributed by atoms with Crippen LogP contribution in [0.3, 0.4) is 0 Å². The van der Waals surface area contributed by atoms with E-state index in [-0.39, 0.29) is 12.7 Å². The van der Waals surface area contributed by atoms with Gasteiger partial charge in [0.2, 0.25) is 12.7 Å². The van der Waals surface area contributed by atoms with E-state index in [4.69, 9.17) is 9.47 Å². The Bertz CT molecular complexity index is 571. The SMILES string of the molecule is CCCCCCN(CCCCCC)C(=O)C=Cc1ccc2c(c1)OCO2. The Labute approximate surface area is 158 Å². The number of carbonyl (C=O) groups is 1. The van der Waals surface area contributed by atoms with Crippen molar-refractivity contribution >= 4 is 12.0 Å². The lowest BCUT2D eigenvalue weighted by molar-refractivity contribution is -0.126. The van der Waals surface area contributed by atoms with Crippen LogP contribution in [0.4, 0.5) is 0 Å². The van der Waals surface area contributed by atoms with Crippen LogP contribution in [0, 0.1) is 0 Å². The third-order valence-corrected chi connectivity index (χ3v) is 4.69. The van der Waals surface area contributed by atoms with Crippen molar-refractivity contribution in [2.24, 2.45) is 0 Å². The molecule has 4 heteroatoms. The zero-order valence-electron chi connectivity index (χ0n) is 16.3. The first-order chi connectivity index (χ1) is 12.7. The molecule has 0 unspecified atom stereocenters. The van der Waals surface area contributed by atoms with Gasteiger partial charge in [-0.1, -0.05) is 58.4 Å². The van der Waals surface area contributed by atoms with E-state index < -0.39 is 0 Å². The number of carbonyl (C=O) groups excluding carboxylic acids is 1. The average molecular weight is 360 g/mol. The Morgan fingerprint density at radius 1 is 0.962 bits per heavy atom. The van der Waals surface area contributed by atoms with Crippen molar-refractivity contribution in [1.82, 2.24) is 4.90 Å². The molecule has 0 aliphatic carbocycles. The van der Waals surface area contributed by atoms with Crippen LogP contribution in [0.15, 0.2) is 24.3 Å². The molecule has 0 atom stereocenters. The fraction of sp³-hybridized carbons (Fsp3) is 0.591. The Morgan fingerprint density at radius 2 is 1.62 bits per heavy atom. The van der Waals surface area contributed by atoms with E-state index >= 15 is 0 Å². The van der Waals surface area contributed by atoms with E-state index in [0.717, 1.165) is 43.0 Å². The van der Waals surface area contributed by atoms with Gasteiger partial charge in [0.25, 0.3) is 0 Å². The van der Waals surface area contributed by atoms with E-state index in [0.29, 0.717) is 0 Å². The van der Waals surface area contributed by atoms with Crippen molar-refractivity contribution in [3.63, 3.8) is 0 Å². The molecule has 144 valence electrons. The summed E-state index contributed by atoms with van der Waals surface area (Å²) in [5.41, 5.74) is 0.958. The number of unbranched alkanes of at least 4 members (excludes halogenated alkanes) is 6. The second-order valence-electron chi connectivity index (χ2n) is 6.89. The van der Waals surface area contributed by atoms with E-state index in [1.54, 1.807) is 6.08 Å². The van der Waals surface area contributed by atoms with Crippen LogP contribution in [0.25, 0.3) is 6.08 Å². The molecule has 0 saturated heterocycles. The van der Waals surface area contributed by atoms with Gasteiger partial charge in [-0.05, 0) is 36.6 Å². The number of fused-ring (bicyclic) bond motifs is 1. The minimum atomic E-state index is 0.107. The molecular weight excluding hydrogens is 326 g/mol. The molecule has 0 bridgehead atoms. The van der Waals surface area contributed by atoms with Gasteiger partial charge >= 0.3 is 0 Å². The van der Waals surface area contributed by atoms with Gasteiger partial charge in [0.05, 0.1) is 0 Å². The molecule has 26 heavy (non-hydrogen) atoms. The topological polar surface area (TPSA) is 38.8 Å². The van der Waals surface area contributed by atoms with Gasteiger partial charge in [-0.25, -0.2) is 0 Å². The largest absolute Gasteiger partial charge is 0.454 e. The number of benzene rings is 1. The first-order valence-electron chi connectivity index (χ1n) is 10.1. The minimum Gasteiger partial charge on any atom is -0.454 e. The lowest BCUT2D eigenvalue weighted by Gasteiger charge is -2.21. The maximum Gasteiger partial charge on any atom is 0.246 e. The third kappa shape index (κ3) is 6.74. The van der Waals surface area contributed by atoms with Gasteiger partial charge in [0.15, 0.2) is 11.5 Å². The second-order valence-corrected chi connectivity index (χ2v) is 6.89. The molecular formula is C22H33NO3. The van der Waals surface area contributed by atoms with Gasteiger partial charge in [-0.3, -0.25) is 4.79 Å². The molecule has 0 radical (unpaired) electrons. The Kier molecular flexibility index (Phi) is 9.08. The highest BCUT2D eigenvalue weighted by molar-refractivity contribution is 5.91. The summed E-state index contributed by atoms with van der Waals surface area (Å²) in [7, 11) is 0. The monoisotopic (exact) mass is 359 g/mol. The molecule has 1 aromatic carbocycles. The molecule has 1 aliphatic rings. The number of rotatable bonds is 12. The van der Waals surface area contributed by atoms with Gasteiger partial charge in [-0.2, -0.15) is 0 Å². The van der Waals surface area contributed by atoms with Crippen molar-refractivity contribution in [2.45, 2.75) is 65.2 Å². The first kappa shape index (κ1) is 20.3. The first-order valence-corrected chi connectivity index (χ1v) is 10.1. The van der Waals surface area contributed by atoms with Crippen LogP contribution in [-0.4, -0.2) is 30.7 Å². The van der Waals surface area contributed by atoms with Crippen LogP contribution < -0.4 is 9.47 Å². The standard InChI is InChI=1S/C22H33NO3/c1-3-5-7-9-15-23(16-10-8-6-4-2)22(24)14-12-19-11-13-20-21(17-19)26-18-25-20/h11-14,17H,3-10,15-16,18H2,1-2H3. The summed E-state index contributed by atoms with van der Waals surface area (Å²) < 4.78 is 10.7. The van der Waals surface area contributed by atoms with Crippen LogP contribution in [-0.2, 0) is 4.79 Å². The normalized spacial score (nSPS) is 12.7. The summed E-state index contributed by atoms with van der Waals surface area (Å²) in [4.78, 5) is 14.7. The number of hydrogen-bond acceptors (Lipinski definition) is 3. The predicted molar refractivity (Wildman–Crippen MR) is 106 cm³/mol. The van der Waals surface area contributed by atoms with E-state index in [2.05, 4.69) is 13.8 Å². The summed E-state index contributed by atoms with van der Waals surface area (Å²) in [5, 5.41) is 0. The van der Waals surface area contributed by atoms with E-state index in [1.165, 1.54) is 38.5 Å². The molecule has 4 nitrogen and oxygen atoms in total. The molecule has 1 heterocycles. The molecule has 0 spiro atoms. The summed E-state index contributed by atoms with van der Waals surface area (Å²) >= 11 is 0. The maximum absolute atomic E-state index is 12.7. The van der Waals surface area contributed by atoms with E-state index in [9.17, 15) is 4.79 Å². The number of ether oxygens (including phenoxy) is 2. The lowest BCUT2D eigenvalue weighted by atomic mass is 10.1. The summed E-state index contributed by atoms with van der Waals surface area (Å²) in [5.74, 6) is 1.62. The fourth-order valence-corrected chi connectivity index (χ4v) is 3.08. The van der Waals surface area contributed by atoms with Crippen LogP contribution >= 0.6 is 0 Å². The summed E-state index contributed by atoms with van der Waals surface area (Å²) in [6.45, 7) is 6.40. The molecule has 0 saturated carbocycles. The molecule has 0 aromatic heterocycles. The van der Waals surface area contributed by atoms with Crippen LogP contribution in [0.5, 0.6) is 11.5 Å². The molecule has 1 aliphatic heterocycles. The highest BCUT2D eigenvalue weighted by atomic mass is 16.7. The molecule has 2 rings (SSSR count). The molecule has 1 aromatic rings. The highest BCUT2D eigenvalue weighted by Gasteiger charge is 2.13. The third-order valence-electron chi connectivity index (χ3n) is 4.69. The van der Waals surface area contributed by atoms with Crippen molar-refractivity contribution in [1.29, 1.82) is 0 Å². The highest BCUT2D eigenvalue weighted by Crippen LogP contribution is 2.32. The van der Waals surface area contributed by atoms with Crippen LogP contribution in [0.2, 0.25) is 0 Å². The van der Waals surface area contributed by atoms with Crippen molar-refractivity contribution in [3.8, 4) is 11.5 Å². The number of nitrogens with zero attached hydrogens (tertiary/aromatic N) is 1. The van der Waals surface area contributed by atoms with Gasteiger partial charge in [0, 0.05) is 19.2 Å². The smallest absolute Gasteiger partial charge is 0.246 e. The fourth-order valence-electron chi connectivity index (χ4n) is 3.08. The Morgan fingerprint density at radius 3 is 2.27 bits per heavy atom. The Balaban J connectivity index is 1.90. The van der Waals surface area contributed by atoms with E-state index in [1.807, 2.05) is 29.2 Å².